The summed E-state index contributed by atoms with van der Waals surface area (Å²) < 4.78 is 0. The molecule has 0 atom stereocenters. The second-order valence-electron chi connectivity index (χ2n) is 2.42. The molecule has 0 aromatic rings. The Kier molecular flexibility index (Phi) is 0.667. The fraction of sp³-hybridized carbons (Fsp3) is 0.429. The van der Waals surface area contributed by atoms with Crippen molar-refractivity contribution in [3.8, 4) is 0 Å². The Morgan fingerprint density at radius 1 is 0.875 bits per heavy atom. The van der Waals surface area contributed by atoms with Gasteiger partial charge >= 0.3 is 0 Å². The van der Waals surface area contributed by atoms with Crippen LogP contribution < -0.4 is 0 Å². The average Bonchev–Trinajstić information content (AvgIpc) is 2.29. The number of aliphatic hydroxyl groups excluding tert-OH is 1. The quantitative estimate of drug-likeness (QED) is 0.453. The van der Waals surface area contributed by atoms with Crippen LogP contribution in [0.15, 0.2) is 24.3 Å². The zero-order valence-electron chi connectivity index (χ0n) is 4.49. The minimum absolute atomic E-state index is 0.130. The van der Waals surface area contributed by atoms with Gasteiger partial charge in [-0.15, -0.1) is 0 Å². The predicted octanol–water partition coefficient (Wildman–Crippen LogP) is 0.719. The third kappa shape index (κ3) is 0.353. The minimum Gasteiger partial charge on any atom is -0.391 e. The maximum atomic E-state index is 9.20. The summed E-state index contributed by atoms with van der Waals surface area (Å²) in [6.07, 6.45) is 8.13. The lowest BCUT2D eigenvalue weighted by Gasteiger charge is -2.05. The summed E-state index contributed by atoms with van der Waals surface area (Å²) in [6.45, 7) is 0. The van der Waals surface area contributed by atoms with Crippen molar-refractivity contribution >= 4 is 0 Å². The largest absolute Gasteiger partial charge is 0.391 e. The van der Waals surface area contributed by atoms with Crippen molar-refractivity contribution in [3.05, 3.63) is 24.3 Å². The summed E-state index contributed by atoms with van der Waals surface area (Å²) in [5.41, 5.74) is 0. The Morgan fingerprint density at radius 2 is 1.25 bits per heavy atom. The number of fused-ring (bicyclic) bond motifs is 2. The maximum absolute atomic E-state index is 9.20. The van der Waals surface area contributed by atoms with E-state index in [0.29, 0.717) is 11.8 Å². The fourth-order valence-corrected chi connectivity index (χ4v) is 1.35. The molecule has 0 saturated carbocycles. The summed E-state index contributed by atoms with van der Waals surface area (Å²) in [4.78, 5) is 0. The van der Waals surface area contributed by atoms with E-state index in [2.05, 4.69) is 24.3 Å². The van der Waals surface area contributed by atoms with Crippen LogP contribution in [-0.4, -0.2) is 11.2 Å². The van der Waals surface area contributed by atoms with E-state index in [4.69, 9.17) is 0 Å². The zero-order valence-corrected chi connectivity index (χ0v) is 4.49. The molecule has 0 saturated heterocycles. The van der Waals surface area contributed by atoms with Gasteiger partial charge in [-0.3, -0.25) is 0 Å². The predicted molar refractivity (Wildman–Crippen MR) is 31.3 cm³/mol. The molecule has 1 nitrogen and oxygen atoms in total. The third-order valence-electron chi connectivity index (χ3n) is 1.90. The lowest BCUT2D eigenvalue weighted by atomic mass is 10.1. The van der Waals surface area contributed by atoms with Crippen molar-refractivity contribution in [3.63, 3.8) is 0 Å². The maximum Gasteiger partial charge on any atom is 0.0734 e. The van der Waals surface area contributed by atoms with Crippen molar-refractivity contribution in [1.82, 2.24) is 0 Å². The molecule has 0 aromatic heterocycles. The highest BCUT2D eigenvalue weighted by molar-refractivity contribution is 5.25. The summed E-state index contributed by atoms with van der Waals surface area (Å²) >= 11 is 0. The van der Waals surface area contributed by atoms with Crippen LogP contribution in [0, 0.1) is 11.8 Å². The molecule has 8 heavy (non-hydrogen) atoms. The Bertz CT molecular complexity index is 128. The van der Waals surface area contributed by atoms with E-state index < -0.39 is 0 Å². The Hall–Kier alpha value is -0.560. The second-order valence-corrected chi connectivity index (χ2v) is 2.42. The standard InChI is InChI=1S/C7H8O/c8-7-5-1-2-6(7)4-3-5/h1-8H. The van der Waals surface area contributed by atoms with Crippen LogP contribution in [0.25, 0.3) is 0 Å². The summed E-state index contributed by atoms with van der Waals surface area (Å²) in [7, 11) is 0. The topological polar surface area (TPSA) is 20.2 Å². The van der Waals surface area contributed by atoms with E-state index >= 15 is 0 Å². The van der Waals surface area contributed by atoms with Gasteiger partial charge in [0, 0.05) is 11.8 Å². The first-order chi connectivity index (χ1) is 3.88. The highest BCUT2D eigenvalue weighted by atomic mass is 16.3. The Labute approximate surface area is 48.3 Å². The molecule has 1 N–H and O–H groups in total. The van der Waals surface area contributed by atoms with E-state index in [9.17, 15) is 5.11 Å². The first-order valence-corrected chi connectivity index (χ1v) is 2.92. The van der Waals surface area contributed by atoms with Gasteiger partial charge in [-0.1, -0.05) is 24.3 Å². The molecule has 0 heterocycles. The average molecular weight is 108 g/mol. The van der Waals surface area contributed by atoms with Gasteiger partial charge in [-0.05, 0) is 0 Å². The van der Waals surface area contributed by atoms with Crippen LogP contribution in [0.4, 0.5) is 0 Å². The smallest absolute Gasteiger partial charge is 0.0734 e. The zero-order chi connectivity index (χ0) is 5.56. The molecule has 0 radical (unpaired) electrons. The molecule has 2 aliphatic carbocycles. The monoisotopic (exact) mass is 108 g/mol. The molecule has 2 aliphatic rings. The van der Waals surface area contributed by atoms with Gasteiger partial charge < -0.3 is 5.11 Å². The summed E-state index contributed by atoms with van der Waals surface area (Å²) in [5.74, 6) is 0.667. The molecule has 2 rings (SSSR count). The Balaban J connectivity index is 2.34. The van der Waals surface area contributed by atoms with Crippen LogP contribution in [0.2, 0.25) is 0 Å². The first kappa shape index (κ1) is 4.33. The summed E-state index contributed by atoms with van der Waals surface area (Å²) in [6, 6.07) is 0. The molecule has 0 spiro atoms. The van der Waals surface area contributed by atoms with Gasteiger partial charge in [0.2, 0.25) is 0 Å². The molecule has 0 amide bonds. The van der Waals surface area contributed by atoms with Crippen molar-refractivity contribution in [1.29, 1.82) is 0 Å². The first-order valence-electron chi connectivity index (χ1n) is 2.92. The van der Waals surface area contributed by atoms with Crippen LogP contribution in [0.5, 0.6) is 0 Å². The van der Waals surface area contributed by atoms with Crippen molar-refractivity contribution < 1.29 is 5.11 Å². The fourth-order valence-electron chi connectivity index (χ4n) is 1.35. The minimum atomic E-state index is -0.130. The van der Waals surface area contributed by atoms with E-state index in [1.807, 2.05) is 0 Å². The van der Waals surface area contributed by atoms with Crippen LogP contribution in [0.1, 0.15) is 0 Å². The normalized spacial score (nSPS) is 48.9. The van der Waals surface area contributed by atoms with E-state index in [-0.39, 0.29) is 6.10 Å². The SMILES string of the molecule is OC1C2C=CC1C=C2. The Morgan fingerprint density at radius 3 is 1.38 bits per heavy atom. The molecule has 0 aliphatic heterocycles. The number of rotatable bonds is 0. The van der Waals surface area contributed by atoms with Crippen molar-refractivity contribution in [2.45, 2.75) is 6.10 Å². The third-order valence-corrected chi connectivity index (χ3v) is 1.90. The van der Waals surface area contributed by atoms with Crippen LogP contribution >= 0.6 is 0 Å². The van der Waals surface area contributed by atoms with Gasteiger partial charge in [-0.2, -0.15) is 0 Å². The summed E-state index contributed by atoms with van der Waals surface area (Å²) in [5, 5.41) is 9.20. The van der Waals surface area contributed by atoms with Crippen LogP contribution in [0.3, 0.4) is 0 Å². The van der Waals surface area contributed by atoms with Gasteiger partial charge in [0.25, 0.3) is 0 Å². The van der Waals surface area contributed by atoms with E-state index in [0.717, 1.165) is 0 Å². The highest BCUT2D eigenvalue weighted by Crippen LogP contribution is 2.32. The molecular weight excluding hydrogens is 100 g/mol. The number of aliphatic hydroxyl groups is 1. The van der Waals surface area contributed by atoms with E-state index in [1.54, 1.807) is 0 Å². The molecule has 2 bridgehead atoms. The molecule has 0 unspecified atom stereocenters. The van der Waals surface area contributed by atoms with Crippen molar-refractivity contribution in [2.24, 2.45) is 11.8 Å². The molecule has 1 heteroatoms. The molecule has 0 aromatic carbocycles. The van der Waals surface area contributed by atoms with Gasteiger partial charge in [0.15, 0.2) is 0 Å². The van der Waals surface area contributed by atoms with Crippen LogP contribution in [-0.2, 0) is 0 Å². The second kappa shape index (κ2) is 1.23. The molecule has 42 valence electrons. The lowest BCUT2D eigenvalue weighted by molar-refractivity contribution is 0.146. The number of hydrogen-bond acceptors (Lipinski definition) is 1. The van der Waals surface area contributed by atoms with Gasteiger partial charge in [0.05, 0.1) is 6.10 Å². The number of hydrogen-bond donors (Lipinski definition) is 1. The van der Waals surface area contributed by atoms with Gasteiger partial charge in [0.1, 0.15) is 0 Å². The molecular formula is C7H8O. The highest BCUT2D eigenvalue weighted by Gasteiger charge is 2.30. The lowest BCUT2D eigenvalue weighted by Crippen LogP contribution is -2.12. The van der Waals surface area contributed by atoms with Crippen molar-refractivity contribution in [2.75, 3.05) is 0 Å². The van der Waals surface area contributed by atoms with Gasteiger partial charge in [-0.25, -0.2) is 0 Å². The molecule has 0 fully saturated rings. The van der Waals surface area contributed by atoms with E-state index in [1.165, 1.54) is 0 Å².